The van der Waals surface area contributed by atoms with E-state index in [1.807, 2.05) is 0 Å². The summed E-state index contributed by atoms with van der Waals surface area (Å²) >= 11 is 0. The van der Waals surface area contributed by atoms with Gasteiger partial charge in [-0.05, 0) is 26.0 Å². The molecule has 3 aromatic rings. The van der Waals surface area contributed by atoms with Crippen molar-refractivity contribution in [2.75, 3.05) is 0 Å². The minimum atomic E-state index is -5.00. The van der Waals surface area contributed by atoms with Crippen molar-refractivity contribution < 1.29 is 22.0 Å². The van der Waals surface area contributed by atoms with E-state index in [0.717, 1.165) is 4.68 Å². The highest BCUT2D eigenvalue weighted by molar-refractivity contribution is 5.51. The van der Waals surface area contributed by atoms with Gasteiger partial charge in [0.1, 0.15) is 23.2 Å². The van der Waals surface area contributed by atoms with Crippen molar-refractivity contribution in [1.82, 2.24) is 25.0 Å². The van der Waals surface area contributed by atoms with Gasteiger partial charge in [-0.2, -0.15) is 13.2 Å². The molecular weight excluding hydrogens is 373 g/mol. The third kappa shape index (κ3) is 3.71. The third-order valence-electron chi connectivity index (χ3n) is 3.87. The van der Waals surface area contributed by atoms with E-state index >= 15 is 0 Å². The van der Waals surface area contributed by atoms with Crippen LogP contribution in [0.25, 0.3) is 11.4 Å². The molecule has 2 heterocycles. The summed E-state index contributed by atoms with van der Waals surface area (Å²) in [6.07, 6.45) is -3.67. The van der Waals surface area contributed by atoms with Gasteiger partial charge in [0.15, 0.2) is 0 Å². The quantitative estimate of drug-likeness (QED) is 0.703. The number of hydrogen-bond acceptors (Lipinski definition) is 4. The molecule has 0 saturated carbocycles. The Morgan fingerprint density at radius 3 is 2.44 bits per heavy atom. The Balaban J connectivity index is 1.98. The smallest absolute Gasteiger partial charge is 0.311 e. The molecule has 1 N–H and O–H groups in total. The van der Waals surface area contributed by atoms with Crippen molar-refractivity contribution >= 4 is 0 Å². The van der Waals surface area contributed by atoms with Gasteiger partial charge in [0.05, 0.1) is 23.5 Å². The van der Waals surface area contributed by atoms with Crippen LogP contribution >= 0.6 is 0 Å². The molecule has 0 spiro atoms. The van der Waals surface area contributed by atoms with Crippen molar-refractivity contribution in [1.29, 1.82) is 0 Å². The van der Waals surface area contributed by atoms with Crippen LogP contribution in [0.15, 0.2) is 29.2 Å². The molecule has 0 amide bonds. The van der Waals surface area contributed by atoms with Gasteiger partial charge in [0.25, 0.3) is 5.56 Å². The highest BCUT2D eigenvalue weighted by Crippen LogP contribution is 2.34. The number of aromatic nitrogens is 5. The maximum absolute atomic E-state index is 14.1. The van der Waals surface area contributed by atoms with Crippen molar-refractivity contribution in [2.45, 2.75) is 26.1 Å². The number of benzene rings is 1. The molecule has 1 aromatic carbocycles. The molecule has 6 nitrogen and oxygen atoms in total. The Kier molecular flexibility index (Phi) is 4.54. The highest BCUT2D eigenvalue weighted by atomic mass is 19.4. The fourth-order valence-electron chi connectivity index (χ4n) is 2.54. The number of aryl methyl sites for hydroxylation is 1. The van der Waals surface area contributed by atoms with Crippen LogP contribution < -0.4 is 5.56 Å². The second-order valence-electron chi connectivity index (χ2n) is 5.83. The molecule has 0 aliphatic rings. The Labute approximate surface area is 148 Å². The Hall–Kier alpha value is -3.11. The topological polar surface area (TPSA) is 76.5 Å². The maximum Gasteiger partial charge on any atom is 0.419 e. The van der Waals surface area contributed by atoms with Gasteiger partial charge in [-0.25, -0.2) is 18.4 Å². The van der Waals surface area contributed by atoms with Gasteiger partial charge < -0.3 is 4.98 Å². The summed E-state index contributed by atoms with van der Waals surface area (Å²) in [7, 11) is 0. The average molecular weight is 385 g/mol. The lowest BCUT2D eigenvalue weighted by Gasteiger charge is -2.15. The normalized spacial score (nSPS) is 13.0. The predicted octanol–water partition coefficient (Wildman–Crippen LogP) is 3.24. The van der Waals surface area contributed by atoms with Crippen LogP contribution in [0.3, 0.4) is 0 Å². The SMILES string of the molecule is Cc1nc(-c2cn([C@H](C)c3cc(F)c(C(F)(F)F)cc3F)nn2)cc(=O)[nH]1. The van der Waals surface area contributed by atoms with Crippen molar-refractivity contribution in [3.63, 3.8) is 0 Å². The van der Waals surface area contributed by atoms with Crippen LogP contribution in [0.4, 0.5) is 22.0 Å². The fraction of sp³-hybridized carbons (Fsp3) is 0.250. The number of rotatable bonds is 3. The summed E-state index contributed by atoms with van der Waals surface area (Å²) in [6, 6.07) is 0.830. The molecule has 11 heteroatoms. The van der Waals surface area contributed by atoms with E-state index in [1.165, 1.54) is 19.2 Å². The highest BCUT2D eigenvalue weighted by Gasteiger charge is 2.35. The molecule has 2 aromatic heterocycles. The maximum atomic E-state index is 14.1. The minimum absolute atomic E-state index is 0.112. The number of nitrogens with one attached hydrogen (secondary N) is 1. The zero-order chi connectivity index (χ0) is 19.9. The first kappa shape index (κ1) is 18.7. The number of hydrogen-bond donors (Lipinski definition) is 1. The zero-order valence-corrected chi connectivity index (χ0v) is 14.0. The van der Waals surface area contributed by atoms with Gasteiger partial charge in [-0.3, -0.25) is 4.79 Å². The lowest BCUT2D eigenvalue weighted by molar-refractivity contribution is -0.140. The first-order chi connectivity index (χ1) is 12.6. The summed E-state index contributed by atoms with van der Waals surface area (Å²) in [4.78, 5) is 18.1. The number of nitrogens with zero attached hydrogens (tertiary/aromatic N) is 4. The molecular formula is C16H12F5N5O. The summed E-state index contributed by atoms with van der Waals surface area (Å²) in [5.74, 6) is -2.47. The molecule has 0 aliphatic heterocycles. The third-order valence-corrected chi connectivity index (χ3v) is 3.87. The summed E-state index contributed by atoms with van der Waals surface area (Å²) in [6.45, 7) is 2.98. The average Bonchev–Trinajstić information content (AvgIpc) is 3.04. The molecule has 0 bridgehead atoms. The first-order valence-corrected chi connectivity index (χ1v) is 7.62. The zero-order valence-electron chi connectivity index (χ0n) is 14.0. The van der Waals surface area contributed by atoms with Gasteiger partial charge in [0, 0.05) is 11.6 Å². The van der Waals surface area contributed by atoms with E-state index in [4.69, 9.17) is 0 Å². The molecule has 0 radical (unpaired) electrons. The van der Waals surface area contributed by atoms with Gasteiger partial charge >= 0.3 is 6.18 Å². The number of halogens is 5. The molecule has 0 fully saturated rings. The van der Waals surface area contributed by atoms with Crippen LogP contribution in [-0.2, 0) is 6.18 Å². The molecule has 1 atom stereocenters. The van der Waals surface area contributed by atoms with Crippen molar-refractivity contribution in [3.8, 4) is 11.4 Å². The first-order valence-electron chi connectivity index (χ1n) is 7.62. The molecule has 0 saturated heterocycles. The van der Waals surface area contributed by atoms with Crippen LogP contribution in [0.5, 0.6) is 0 Å². The minimum Gasteiger partial charge on any atom is -0.311 e. The van der Waals surface area contributed by atoms with Crippen molar-refractivity contribution in [3.05, 3.63) is 63.3 Å². The lowest BCUT2D eigenvalue weighted by Crippen LogP contribution is -2.14. The molecule has 3 rings (SSSR count). The van der Waals surface area contributed by atoms with Crippen LogP contribution in [0, 0.1) is 18.6 Å². The molecule has 142 valence electrons. The largest absolute Gasteiger partial charge is 0.419 e. The van der Waals surface area contributed by atoms with E-state index in [1.54, 1.807) is 6.92 Å². The van der Waals surface area contributed by atoms with E-state index in [9.17, 15) is 26.7 Å². The van der Waals surface area contributed by atoms with Crippen molar-refractivity contribution in [2.24, 2.45) is 0 Å². The molecule has 0 aliphatic carbocycles. The second kappa shape index (κ2) is 6.56. The predicted molar refractivity (Wildman–Crippen MR) is 83.8 cm³/mol. The Bertz CT molecular complexity index is 1060. The number of H-pyrrole nitrogens is 1. The molecule has 27 heavy (non-hydrogen) atoms. The lowest BCUT2D eigenvalue weighted by atomic mass is 10.0. The van der Waals surface area contributed by atoms with Gasteiger partial charge in [0.2, 0.25) is 0 Å². The standard InChI is InChI=1S/C16H12F5N5O/c1-7(9-3-12(18)10(4-11(9)17)16(19,20)21)26-6-14(24-25-26)13-5-15(27)23-8(2)22-13/h3-7H,1-2H3,(H,22,23,27)/t7-/m1/s1. The summed E-state index contributed by atoms with van der Waals surface area (Å²) in [5, 5.41) is 7.60. The van der Waals surface area contributed by atoms with Gasteiger partial charge in [-0.15, -0.1) is 5.10 Å². The summed E-state index contributed by atoms with van der Waals surface area (Å²) in [5.41, 5.74) is -2.00. The number of alkyl halides is 3. The monoisotopic (exact) mass is 385 g/mol. The van der Waals surface area contributed by atoms with Crippen LogP contribution in [0.1, 0.15) is 29.9 Å². The van der Waals surface area contributed by atoms with Gasteiger partial charge in [-0.1, -0.05) is 5.21 Å². The Morgan fingerprint density at radius 2 is 1.81 bits per heavy atom. The van der Waals surface area contributed by atoms with E-state index < -0.39 is 35.0 Å². The Morgan fingerprint density at radius 1 is 1.11 bits per heavy atom. The molecule has 0 unspecified atom stereocenters. The van der Waals surface area contributed by atoms with E-state index in [-0.39, 0.29) is 23.0 Å². The van der Waals surface area contributed by atoms with Crippen LogP contribution in [0.2, 0.25) is 0 Å². The summed E-state index contributed by atoms with van der Waals surface area (Å²) < 4.78 is 67.1. The fourth-order valence-corrected chi connectivity index (χ4v) is 2.54. The van der Waals surface area contributed by atoms with E-state index in [0.29, 0.717) is 11.9 Å². The van der Waals surface area contributed by atoms with Crippen LogP contribution in [-0.4, -0.2) is 25.0 Å². The second-order valence-corrected chi connectivity index (χ2v) is 5.83. The van der Waals surface area contributed by atoms with E-state index in [2.05, 4.69) is 20.3 Å². The number of aromatic amines is 1.